The van der Waals surface area contributed by atoms with Gasteiger partial charge >= 0.3 is 5.97 Å². The van der Waals surface area contributed by atoms with Gasteiger partial charge in [0, 0.05) is 6.04 Å². The maximum absolute atomic E-state index is 13.0. The lowest BCUT2D eigenvalue weighted by molar-refractivity contribution is -0.320. The van der Waals surface area contributed by atoms with E-state index in [0.717, 1.165) is 36.7 Å². The smallest absolute Gasteiger partial charge is 0.331 e. The van der Waals surface area contributed by atoms with Crippen LogP contribution < -0.4 is 0 Å². The summed E-state index contributed by atoms with van der Waals surface area (Å²) in [5.74, 6) is -0.577. The van der Waals surface area contributed by atoms with Crippen LogP contribution in [0.5, 0.6) is 0 Å². The second-order valence-electron chi connectivity index (χ2n) is 5.57. The molecule has 1 aromatic rings. The van der Waals surface area contributed by atoms with E-state index in [1.807, 2.05) is 12.1 Å². The van der Waals surface area contributed by atoms with E-state index in [9.17, 15) is 9.18 Å². The third-order valence-corrected chi connectivity index (χ3v) is 4.24. The van der Waals surface area contributed by atoms with Gasteiger partial charge in [0.15, 0.2) is 0 Å². The molecule has 0 bridgehead atoms. The van der Waals surface area contributed by atoms with Gasteiger partial charge in [-0.3, -0.25) is 9.74 Å². The molecule has 1 aliphatic heterocycles. The van der Waals surface area contributed by atoms with Crippen molar-refractivity contribution >= 4 is 5.97 Å². The molecule has 1 heterocycles. The number of rotatable bonds is 5. The number of nitrogens with zero attached hydrogens (tertiary/aromatic N) is 2. The maximum Gasteiger partial charge on any atom is 0.331 e. The Morgan fingerprint density at radius 2 is 1.91 bits per heavy atom. The molecule has 0 N–H and O–H groups in total. The van der Waals surface area contributed by atoms with Crippen LogP contribution in [0.1, 0.15) is 31.4 Å². The predicted octanol–water partition coefficient (Wildman–Crippen LogP) is 2.55. The van der Waals surface area contributed by atoms with Crippen LogP contribution in [0.25, 0.3) is 0 Å². The van der Waals surface area contributed by atoms with Crippen molar-refractivity contribution in [3.63, 3.8) is 0 Å². The van der Waals surface area contributed by atoms with Crippen LogP contribution in [0.4, 0.5) is 4.39 Å². The van der Waals surface area contributed by atoms with Crippen molar-refractivity contribution in [2.45, 2.75) is 25.8 Å². The number of carbonyl (C=O) groups excluding carboxylic acids is 1. The third-order valence-electron chi connectivity index (χ3n) is 4.24. The zero-order valence-electron chi connectivity index (χ0n) is 13.3. The fourth-order valence-electron chi connectivity index (χ4n) is 2.71. The number of hydroxylamine groups is 2. The van der Waals surface area contributed by atoms with E-state index in [2.05, 4.69) is 11.8 Å². The minimum atomic E-state index is -0.251. The fraction of sp³-hybridized carbons (Fsp3) is 0.562. The molecule has 0 aliphatic carbocycles. The molecular weight excluding hydrogens is 287 g/mol. The van der Waals surface area contributed by atoms with Gasteiger partial charge < -0.3 is 4.84 Å². The van der Waals surface area contributed by atoms with E-state index in [-0.39, 0.29) is 23.7 Å². The SMILES string of the molecule is CON(C)OC(=O)C1CCN(C(C)c2ccc(F)cc2)CC1. The summed E-state index contributed by atoms with van der Waals surface area (Å²) in [4.78, 5) is 24.1. The molecule has 1 atom stereocenters. The second kappa shape index (κ2) is 7.67. The molecule has 0 radical (unpaired) electrons. The molecule has 1 saturated heterocycles. The minimum absolute atomic E-state index is 0.103. The van der Waals surface area contributed by atoms with Gasteiger partial charge in [0.1, 0.15) is 5.82 Å². The van der Waals surface area contributed by atoms with Crippen LogP contribution in [0, 0.1) is 11.7 Å². The molecule has 5 nitrogen and oxygen atoms in total. The molecular formula is C16H23FN2O3. The van der Waals surface area contributed by atoms with Gasteiger partial charge in [-0.2, -0.15) is 0 Å². The van der Waals surface area contributed by atoms with E-state index in [1.54, 1.807) is 7.05 Å². The van der Waals surface area contributed by atoms with Crippen molar-refractivity contribution in [2.24, 2.45) is 5.92 Å². The molecule has 1 aromatic carbocycles. The molecule has 0 aromatic heterocycles. The van der Waals surface area contributed by atoms with Crippen LogP contribution in [-0.2, 0) is 14.5 Å². The number of hydrogen-bond donors (Lipinski definition) is 0. The lowest BCUT2D eigenvalue weighted by Gasteiger charge is -2.35. The predicted molar refractivity (Wildman–Crippen MR) is 80.0 cm³/mol. The van der Waals surface area contributed by atoms with Gasteiger partial charge in [-0.05, 0) is 55.8 Å². The summed E-state index contributed by atoms with van der Waals surface area (Å²) in [7, 11) is 2.99. The van der Waals surface area contributed by atoms with E-state index in [4.69, 9.17) is 9.68 Å². The molecule has 1 fully saturated rings. The zero-order chi connectivity index (χ0) is 16.1. The average molecular weight is 310 g/mol. The van der Waals surface area contributed by atoms with Crippen LogP contribution in [0.15, 0.2) is 24.3 Å². The summed E-state index contributed by atoms with van der Waals surface area (Å²) in [5.41, 5.74) is 1.08. The maximum atomic E-state index is 13.0. The molecule has 0 spiro atoms. The first-order chi connectivity index (χ1) is 10.5. The fourth-order valence-corrected chi connectivity index (χ4v) is 2.71. The highest BCUT2D eigenvalue weighted by Crippen LogP contribution is 2.27. The first kappa shape index (κ1) is 16.9. The van der Waals surface area contributed by atoms with Crippen molar-refractivity contribution in [1.82, 2.24) is 10.1 Å². The average Bonchev–Trinajstić information content (AvgIpc) is 2.55. The highest BCUT2D eigenvalue weighted by atomic mass is 19.1. The Labute approximate surface area is 130 Å². The van der Waals surface area contributed by atoms with Gasteiger partial charge in [-0.1, -0.05) is 12.1 Å². The second-order valence-corrected chi connectivity index (χ2v) is 5.57. The topological polar surface area (TPSA) is 42.0 Å². The van der Waals surface area contributed by atoms with Crippen molar-refractivity contribution < 1.29 is 18.9 Å². The lowest BCUT2D eigenvalue weighted by atomic mass is 9.95. The van der Waals surface area contributed by atoms with E-state index >= 15 is 0 Å². The first-order valence-corrected chi connectivity index (χ1v) is 7.50. The first-order valence-electron chi connectivity index (χ1n) is 7.50. The molecule has 6 heteroatoms. The zero-order valence-corrected chi connectivity index (χ0v) is 13.3. The van der Waals surface area contributed by atoms with Crippen molar-refractivity contribution in [1.29, 1.82) is 0 Å². The number of hydrogen-bond acceptors (Lipinski definition) is 5. The van der Waals surface area contributed by atoms with E-state index < -0.39 is 0 Å². The molecule has 0 saturated carbocycles. The molecule has 22 heavy (non-hydrogen) atoms. The molecule has 2 rings (SSSR count). The van der Waals surface area contributed by atoms with Crippen LogP contribution in [-0.4, -0.2) is 43.3 Å². The Kier molecular flexibility index (Phi) is 5.88. The summed E-state index contributed by atoms with van der Waals surface area (Å²) in [6.45, 7) is 3.73. The quantitative estimate of drug-likeness (QED) is 0.782. The summed E-state index contributed by atoms with van der Waals surface area (Å²) in [6, 6.07) is 6.80. The monoisotopic (exact) mass is 310 g/mol. The van der Waals surface area contributed by atoms with Gasteiger partial charge in [0.2, 0.25) is 0 Å². The number of benzene rings is 1. The standard InChI is InChI=1S/C16H23FN2O3/c1-12(13-4-6-15(17)7-5-13)19-10-8-14(9-11-19)16(20)22-18(2)21-3/h4-7,12,14H,8-11H2,1-3H3. The van der Waals surface area contributed by atoms with Gasteiger partial charge in [-0.25, -0.2) is 9.18 Å². The Morgan fingerprint density at radius 3 is 2.45 bits per heavy atom. The van der Waals surface area contributed by atoms with E-state index in [1.165, 1.54) is 19.2 Å². The molecule has 1 aliphatic rings. The highest BCUT2D eigenvalue weighted by Gasteiger charge is 2.29. The van der Waals surface area contributed by atoms with Gasteiger partial charge in [0.05, 0.1) is 20.1 Å². The Hall–Kier alpha value is -1.50. The minimum Gasteiger partial charge on any atom is -0.342 e. The highest BCUT2D eigenvalue weighted by molar-refractivity contribution is 5.72. The number of halogens is 1. The third kappa shape index (κ3) is 4.25. The number of carbonyl (C=O) groups is 1. The van der Waals surface area contributed by atoms with Crippen molar-refractivity contribution in [2.75, 3.05) is 27.2 Å². The van der Waals surface area contributed by atoms with Crippen molar-refractivity contribution in [3.05, 3.63) is 35.6 Å². The summed E-state index contributed by atoms with van der Waals surface area (Å²) in [6.07, 6.45) is 1.50. The molecule has 122 valence electrons. The van der Waals surface area contributed by atoms with Crippen molar-refractivity contribution in [3.8, 4) is 0 Å². The normalized spacial score (nSPS) is 18.4. The van der Waals surface area contributed by atoms with Gasteiger partial charge in [-0.15, -0.1) is 0 Å². The largest absolute Gasteiger partial charge is 0.342 e. The van der Waals surface area contributed by atoms with Crippen LogP contribution >= 0.6 is 0 Å². The van der Waals surface area contributed by atoms with Crippen LogP contribution in [0.3, 0.4) is 0 Å². The lowest BCUT2D eigenvalue weighted by Crippen LogP contribution is -2.39. The Morgan fingerprint density at radius 1 is 1.32 bits per heavy atom. The molecule has 0 amide bonds. The summed E-state index contributed by atoms with van der Waals surface area (Å²) in [5, 5.41) is 1.07. The van der Waals surface area contributed by atoms with Crippen LogP contribution in [0.2, 0.25) is 0 Å². The Balaban J connectivity index is 1.86. The summed E-state index contributed by atoms with van der Waals surface area (Å²) >= 11 is 0. The van der Waals surface area contributed by atoms with Gasteiger partial charge in [0.25, 0.3) is 0 Å². The van der Waals surface area contributed by atoms with E-state index in [0.29, 0.717) is 0 Å². The molecule has 1 unspecified atom stereocenters. The Bertz CT molecular complexity index is 487. The number of piperidine rings is 1. The number of likely N-dealkylation sites (tertiary alicyclic amines) is 1. The summed E-state index contributed by atoms with van der Waals surface area (Å²) < 4.78 is 13.0.